The van der Waals surface area contributed by atoms with Crippen molar-refractivity contribution < 1.29 is 15.0 Å². The van der Waals surface area contributed by atoms with E-state index in [1.807, 2.05) is 4.57 Å². The molecular formula is C11H18N4O3S. The minimum absolute atomic E-state index is 0.0906. The largest absolute Gasteiger partial charge is 0.480 e. The Morgan fingerprint density at radius 3 is 2.89 bits per heavy atom. The van der Waals surface area contributed by atoms with Crippen molar-refractivity contribution >= 4 is 17.7 Å². The van der Waals surface area contributed by atoms with Crippen molar-refractivity contribution in [3.63, 3.8) is 0 Å². The predicted molar refractivity (Wildman–Crippen MR) is 72.0 cm³/mol. The van der Waals surface area contributed by atoms with Crippen LogP contribution >= 0.6 is 11.8 Å². The Morgan fingerprint density at radius 1 is 1.58 bits per heavy atom. The highest BCUT2D eigenvalue weighted by atomic mass is 32.2. The molecule has 0 aromatic carbocycles. The molecule has 1 atom stereocenters. The van der Waals surface area contributed by atoms with Gasteiger partial charge in [0, 0.05) is 25.3 Å². The lowest BCUT2D eigenvalue weighted by Gasteiger charge is -2.08. The molecule has 0 aliphatic carbocycles. The van der Waals surface area contributed by atoms with Crippen molar-refractivity contribution in [1.82, 2.24) is 14.8 Å². The van der Waals surface area contributed by atoms with E-state index in [2.05, 4.69) is 16.8 Å². The summed E-state index contributed by atoms with van der Waals surface area (Å²) in [6, 6.07) is -0.931. The third-order valence-corrected chi connectivity index (χ3v) is 3.46. The molecule has 0 radical (unpaired) electrons. The van der Waals surface area contributed by atoms with Crippen LogP contribution in [0.25, 0.3) is 0 Å². The van der Waals surface area contributed by atoms with Gasteiger partial charge in [-0.05, 0) is 6.42 Å². The Bertz CT molecular complexity index is 436. The van der Waals surface area contributed by atoms with Gasteiger partial charge in [-0.3, -0.25) is 4.79 Å². The van der Waals surface area contributed by atoms with Crippen LogP contribution in [0.5, 0.6) is 0 Å². The number of hydrogen-bond donors (Lipinski definition) is 3. The van der Waals surface area contributed by atoms with Crippen LogP contribution in [0.1, 0.15) is 12.2 Å². The Morgan fingerprint density at radius 2 is 2.32 bits per heavy atom. The minimum atomic E-state index is -1.04. The molecule has 8 heteroatoms. The van der Waals surface area contributed by atoms with E-state index in [1.165, 1.54) is 11.8 Å². The van der Waals surface area contributed by atoms with Gasteiger partial charge in [0.05, 0.1) is 0 Å². The molecule has 0 aliphatic rings. The SMILES string of the molecule is C=CCn1c(CCCO)nnc1SC[C@@H](N)C(=O)O. The lowest BCUT2D eigenvalue weighted by molar-refractivity contribution is -0.137. The smallest absolute Gasteiger partial charge is 0.321 e. The van der Waals surface area contributed by atoms with Crippen molar-refractivity contribution in [2.45, 2.75) is 30.6 Å². The summed E-state index contributed by atoms with van der Waals surface area (Å²) in [4.78, 5) is 10.7. The van der Waals surface area contributed by atoms with E-state index in [0.29, 0.717) is 24.5 Å². The number of aliphatic carboxylic acids is 1. The number of allylic oxidation sites excluding steroid dienone is 1. The first-order valence-electron chi connectivity index (χ1n) is 5.85. The van der Waals surface area contributed by atoms with Gasteiger partial charge in [-0.1, -0.05) is 17.8 Å². The van der Waals surface area contributed by atoms with Gasteiger partial charge in [-0.25, -0.2) is 0 Å². The monoisotopic (exact) mass is 286 g/mol. The van der Waals surface area contributed by atoms with E-state index in [0.717, 1.165) is 5.82 Å². The third-order valence-electron chi connectivity index (χ3n) is 2.37. The summed E-state index contributed by atoms with van der Waals surface area (Å²) in [6.07, 6.45) is 2.93. The van der Waals surface area contributed by atoms with Gasteiger partial charge in [0.1, 0.15) is 11.9 Å². The molecule has 0 spiro atoms. The number of carbonyl (C=O) groups is 1. The number of aliphatic hydroxyl groups is 1. The van der Waals surface area contributed by atoms with Crippen LogP contribution in [0.4, 0.5) is 0 Å². The summed E-state index contributed by atoms with van der Waals surface area (Å²) in [5.41, 5.74) is 5.44. The average Bonchev–Trinajstić information content (AvgIpc) is 2.76. The molecule has 1 heterocycles. The molecule has 1 aromatic heterocycles. The Kier molecular flexibility index (Phi) is 6.54. The van der Waals surface area contributed by atoms with Crippen LogP contribution in [0.2, 0.25) is 0 Å². The maximum Gasteiger partial charge on any atom is 0.321 e. The second kappa shape index (κ2) is 7.93. The van der Waals surface area contributed by atoms with Crippen LogP contribution in [0.3, 0.4) is 0 Å². The van der Waals surface area contributed by atoms with Crippen LogP contribution in [0, 0.1) is 0 Å². The number of aromatic nitrogens is 3. The van der Waals surface area contributed by atoms with Crippen molar-refractivity contribution in [3.8, 4) is 0 Å². The second-order valence-electron chi connectivity index (χ2n) is 3.88. The zero-order valence-corrected chi connectivity index (χ0v) is 11.3. The molecule has 0 saturated carbocycles. The van der Waals surface area contributed by atoms with Crippen LogP contribution in [-0.4, -0.2) is 49.3 Å². The lowest BCUT2D eigenvalue weighted by Crippen LogP contribution is -2.32. The average molecular weight is 286 g/mol. The van der Waals surface area contributed by atoms with E-state index in [4.69, 9.17) is 15.9 Å². The van der Waals surface area contributed by atoms with E-state index >= 15 is 0 Å². The number of nitrogens with zero attached hydrogens (tertiary/aromatic N) is 3. The van der Waals surface area contributed by atoms with E-state index in [9.17, 15) is 4.79 Å². The number of aliphatic hydroxyl groups excluding tert-OH is 1. The van der Waals surface area contributed by atoms with E-state index < -0.39 is 12.0 Å². The predicted octanol–water partition coefficient (Wildman–Crippen LogP) is -0.107. The first-order valence-corrected chi connectivity index (χ1v) is 6.83. The first kappa shape index (κ1) is 15.7. The summed E-state index contributed by atoms with van der Waals surface area (Å²) < 4.78 is 1.85. The van der Waals surface area contributed by atoms with Gasteiger partial charge in [0.15, 0.2) is 5.16 Å². The Hall–Kier alpha value is -1.38. The second-order valence-corrected chi connectivity index (χ2v) is 4.87. The quantitative estimate of drug-likeness (QED) is 0.428. The zero-order valence-electron chi connectivity index (χ0n) is 10.5. The highest BCUT2D eigenvalue weighted by Gasteiger charge is 2.16. The molecule has 19 heavy (non-hydrogen) atoms. The van der Waals surface area contributed by atoms with E-state index in [1.54, 1.807) is 6.08 Å². The molecular weight excluding hydrogens is 268 g/mol. The fraction of sp³-hybridized carbons (Fsp3) is 0.545. The molecule has 0 amide bonds. The number of carboxylic acid groups (broad SMARTS) is 1. The van der Waals surface area contributed by atoms with Gasteiger partial charge >= 0.3 is 5.97 Å². The van der Waals surface area contributed by atoms with Gasteiger partial charge in [0.25, 0.3) is 0 Å². The van der Waals surface area contributed by atoms with Gasteiger partial charge < -0.3 is 20.5 Å². The molecule has 0 unspecified atom stereocenters. The standard InChI is InChI=1S/C11H18N4O3S/c1-2-5-15-9(4-3-6-16)13-14-11(15)19-7-8(12)10(17)18/h2,8,16H,1,3-7,12H2,(H,17,18)/t8-/m1/s1. The van der Waals surface area contributed by atoms with Crippen LogP contribution < -0.4 is 5.73 Å². The minimum Gasteiger partial charge on any atom is -0.480 e. The number of thioether (sulfide) groups is 1. The maximum absolute atomic E-state index is 10.7. The first-order chi connectivity index (χ1) is 9.10. The fourth-order valence-electron chi connectivity index (χ4n) is 1.40. The normalized spacial score (nSPS) is 12.3. The summed E-state index contributed by atoms with van der Waals surface area (Å²) in [6.45, 7) is 4.30. The molecule has 0 fully saturated rings. The molecule has 0 bridgehead atoms. The molecule has 4 N–H and O–H groups in total. The lowest BCUT2D eigenvalue weighted by atomic mass is 10.3. The molecule has 0 saturated heterocycles. The molecule has 0 aliphatic heterocycles. The fourth-order valence-corrected chi connectivity index (χ4v) is 2.30. The summed E-state index contributed by atoms with van der Waals surface area (Å²) in [7, 11) is 0. The highest BCUT2D eigenvalue weighted by Crippen LogP contribution is 2.18. The Labute approximate surface area is 115 Å². The molecule has 7 nitrogen and oxygen atoms in total. The zero-order chi connectivity index (χ0) is 14.3. The molecule has 1 rings (SSSR count). The van der Waals surface area contributed by atoms with Crippen molar-refractivity contribution in [3.05, 3.63) is 18.5 Å². The summed E-state index contributed by atoms with van der Waals surface area (Å²) >= 11 is 1.25. The third kappa shape index (κ3) is 4.66. The number of nitrogens with two attached hydrogens (primary N) is 1. The van der Waals surface area contributed by atoms with Crippen molar-refractivity contribution in [2.24, 2.45) is 5.73 Å². The van der Waals surface area contributed by atoms with Gasteiger partial charge in [-0.2, -0.15) is 0 Å². The molecule has 106 valence electrons. The van der Waals surface area contributed by atoms with E-state index in [-0.39, 0.29) is 12.4 Å². The van der Waals surface area contributed by atoms with Crippen molar-refractivity contribution in [2.75, 3.05) is 12.4 Å². The van der Waals surface area contributed by atoms with Crippen molar-refractivity contribution in [1.29, 1.82) is 0 Å². The Balaban J connectivity index is 2.73. The topological polar surface area (TPSA) is 114 Å². The number of rotatable bonds is 9. The number of aryl methyl sites for hydroxylation is 1. The van der Waals surface area contributed by atoms with Gasteiger partial charge in [0.2, 0.25) is 0 Å². The van der Waals surface area contributed by atoms with Crippen LogP contribution in [-0.2, 0) is 17.8 Å². The number of carboxylic acids is 1. The number of hydrogen-bond acceptors (Lipinski definition) is 6. The highest BCUT2D eigenvalue weighted by molar-refractivity contribution is 7.99. The van der Waals surface area contributed by atoms with Gasteiger partial charge in [-0.15, -0.1) is 16.8 Å². The summed E-state index contributed by atoms with van der Waals surface area (Å²) in [5, 5.41) is 26.2. The summed E-state index contributed by atoms with van der Waals surface area (Å²) in [5.74, 6) is -0.0620. The molecule has 1 aromatic rings. The van der Waals surface area contributed by atoms with Crippen LogP contribution in [0.15, 0.2) is 17.8 Å². The maximum atomic E-state index is 10.7.